The topological polar surface area (TPSA) is 68.0 Å². The molecule has 0 aromatic carbocycles. The molecule has 0 atom stereocenters. The van der Waals surface area contributed by atoms with Crippen LogP contribution in [0.2, 0.25) is 0 Å². The monoisotopic (exact) mass is 287 g/mol. The second kappa shape index (κ2) is 4.83. The van der Waals surface area contributed by atoms with Crippen LogP contribution in [0.15, 0.2) is 12.3 Å². The number of imidazole rings is 1. The fourth-order valence-electron chi connectivity index (χ4n) is 3.08. The minimum Gasteiger partial charge on any atom is -0.479 e. The van der Waals surface area contributed by atoms with Gasteiger partial charge in [0.05, 0.1) is 0 Å². The Balaban J connectivity index is 2.33. The van der Waals surface area contributed by atoms with E-state index in [2.05, 4.69) is 4.98 Å². The number of hydrogen-bond donors (Lipinski definition) is 1. The van der Waals surface area contributed by atoms with E-state index in [0.717, 1.165) is 29.7 Å². The molecule has 0 spiro atoms. The Labute approximate surface area is 124 Å². The number of nitrogens with zero attached hydrogens (tertiary/aromatic N) is 3. The third-order valence-electron chi connectivity index (χ3n) is 4.60. The molecular formula is C16H21N3O2. The number of fused-ring (bicyclic) bond motifs is 1. The molecule has 1 saturated carbocycles. The van der Waals surface area contributed by atoms with Gasteiger partial charge in [-0.25, -0.2) is 14.8 Å². The molecule has 0 aliphatic heterocycles. The van der Waals surface area contributed by atoms with Gasteiger partial charge in [0.2, 0.25) is 0 Å². The van der Waals surface area contributed by atoms with Crippen molar-refractivity contribution in [2.24, 2.45) is 0 Å². The van der Waals surface area contributed by atoms with Crippen molar-refractivity contribution in [3.05, 3.63) is 23.7 Å². The standard InChI is InChI=1S/C16H21N3O2/c1-4-16(5-2,15(20)21)19-13(11-6-7-11)18-12-8-10(3)9-17-14(12)19/h8-9,11H,4-7H2,1-3H3,(H,20,21). The van der Waals surface area contributed by atoms with Gasteiger partial charge in [-0.2, -0.15) is 0 Å². The third kappa shape index (κ3) is 2.03. The van der Waals surface area contributed by atoms with Gasteiger partial charge in [-0.15, -0.1) is 0 Å². The summed E-state index contributed by atoms with van der Waals surface area (Å²) in [5.41, 5.74) is 1.61. The van der Waals surface area contributed by atoms with Gasteiger partial charge in [0, 0.05) is 12.1 Å². The lowest BCUT2D eigenvalue weighted by Gasteiger charge is -2.30. The van der Waals surface area contributed by atoms with Crippen LogP contribution in [-0.4, -0.2) is 25.6 Å². The molecule has 0 unspecified atom stereocenters. The van der Waals surface area contributed by atoms with Crippen LogP contribution in [0, 0.1) is 6.92 Å². The number of aromatic nitrogens is 3. The van der Waals surface area contributed by atoms with Crippen molar-refractivity contribution in [3.63, 3.8) is 0 Å². The summed E-state index contributed by atoms with van der Waals surface area (Å²) in [5, 5.41) is 9.86. The molecule has 2 aromatic rings. The largest absolute Gasteiger partial charge is 0.479 e. The van der Waals surface area contributed by atoms with Crippen molar-refractivity contribution in [1.29, 1.82) is 0 Å². The van der Waals surface area contributed by atoms with Gasteiger partial charge in [-0.1, -0.05) is 13.8 Å². The van der Waals surface area contributed by atoms with Gasteiger partial charge in [-0.3, -0.25) is 4.57 Å². The lowest BCUT2D eigenvalue weighted by atomic mass is 9.92. The Morgan fingerprint density at radius 1 is 1.43 bits per heavy atom. The summed E-state index contributed by atoms with van der Waals surface area (Å²) in [4.78, 5) is 21.2. The molecule has 5 nitrogen and oxygen atoms in total. The van der Waals surface area contributed by atoms with Gasteiger partial charge < -0.3 is 5.11 Å². The molecule has 3 rings (SSSR count). The van der Waals surface area contributed by atoms with Crippen LogP contribution < -0.4 is 0 Å². The van der Waals surface area contributed by atoms with Crippen LogP contribution in [-0.2, 0) is 10.3 Å². The van der Waals surface area contributed by atoms with Crippen LogP contribution >= 0.6 is 0 Å². The van der Waals surface area contributed by atoms with Crippen LogP contribution in [0.1, 0.15) is 56.8 Å². The molecule has 0 amide bonds. The highest BCUT2D eigenvalue weighted by Crippen LogP contribution is 2.43. The van der Waals surface area contributed by atoms with Gasteiger partial charge in [0.15, 0.2) is 5.65 Å². The Bertz CT molecular complexity index is 697. The lowest BCUT2D eigenvalue weighted by Crippen LogP contribution is -2.42. The molecule has 0 radical (unpaired) electrons. The van der Waals surface area contributed by atoms with Crippen molar-refractivity contribution in [2.45, 2.75) is 57.9 Å². The molecule has 112 valence electrons. The first kappa shape index (κ1) is 14.0. The number of hydrogen-bond acceptors (Lipinski definition) is 3. The summed E-state index contributed by atoms with van der Waals surface area (Å²) in [6.45, 7) is 5.83. The molecule has 1 fully saturated rings. The van der Waals surface area contributed by atoms with E-state index in [1.807, 2.05) is 31.4 Å². The van der Waals surface area contributed by atoms with E-state index in [-0.39, 0.29) is 0 Å². The number of rotatable bonds is 5. The number of aliphatic carboxylic acids is 1. The van der Waals surface area contributed by atoms with E-state index in [0.29, 0.717) is 24.4 Å². The maximum absolute atomic E-state index is 12.0. The number of pyridine rings is 1. The molecule has 2 heterocycles. The highest BCUT2D eigenvalue weighted by molar-refractivity contribution is 5.81. The van der Waals surface area contributed by atoms with E-state index in [9.17, 15) is 9.90 Å². The molecule has 0 saturated heterocycles. The van der Waals surface area contributed by atoms with E-state index >= 15 is 0 Å². The lowest BCUT2D eigenvalue weighted by molar-refractivity contribution is -0.148. The Morgan fingerprint density at radius 3 is 2.62 bits per heavy atom. The average Bonchev–Trinajstić information content (AvgIpc) is 3.23. The summed E-state index contributed by atoms with van der Waals surface area (Å²) in [7, 11) is 0. The molecule has 1 aliphatic carbocycles. The number of aryl methyl sites for hydroxylation is 1. The molecule has 1 N–H and O–H groups in total. The second-order valence-electron chi connectivity index (χ2n) is 5.98. The zero-order valence-corrected chi connectivity index (χ0v) is 12.8. The molecule has 0 bridgehead atoms. The first-order valence-electron chi connectivity index (χ1n) is 7.62. The highest BCUT2D eigenvalue weighted by atomic mass is 16.4. The van der Waals surface area contributed by atoms with E-state index in [1.54, 1.807) is 6.20 Å². The fourth-order valence-corrected chi connectivity index (χ4v) is 3.08. The van der Waals surface area contributed by atoms with Crippen LogP contribution in [0.5, 0.6) is 0 Å². The maximum Gasteiger partial charge on any atom is 0.329 e. The number of carboxylic acid groups (broad SMARTS) is 1. The van der Waals surface area contributed by atoms with E-state index in [1.165, 1.54) is 0 Å². The van der Waals surface area contributed by atoms with Gasteiger partial charge in [0.25, 0.3) is 0 Å². The van der Waals surface area contributed by atoms with Gasteiger partial charge in [-0.05, 0) is 44.2 Å². The Morgan fingerprint density at radius 2 is 2.10 bits per heavy atom. The van der Waals surface area contributed by atoms with Crippen LogP contribution in [0.25, 0.3) is 11.2 Å². The molecule has 5 heteroatoms. The zero-order chi connectivity index (χ0) is 15.2. The predicted molar refractivity (Wildman–Crippen MR) is 80.4 cm³/mol. The SMILES string of the molecule is CCC(CC)(C(=O)O)n1c(C2CC2)nc2cc(C)cnc21. The quantitative estimate of drug-likeness (QED) is 0.916. The number of carbonyl (C=O) groups is 1. The van der Waals surface area contributed by atoms with E-state index < -0.39 is 11.5 Å². The summed E-state index contributed by atoms with van der Waals surface area (Å²) in [6.07, 6.45) is 5.02. The van der Waals surface area contributed by atoms with Crippen molar-refractivity contribution in [3.8, 4) is 0 Å². The fraction of sp³-hybridized carbons (Fsp3) is 0.562. The van der Waals surface area contributed by atoms with Gasteiger partial charge in [0.1, 0.15) is 16.9 Å². The number of carboxylic acids is 1. The van der Waals surface area contributed by atoms with Crippen molar-refractivity contribution >= 4 is 17.1 Å². The average molecular weight is 287 g/mol. The molecule has 1 aliphatic rings. The van der Waals surface area contributed by atoms with Crippen LogP contribution in [0.4, 0.5) is 0 Å². The summed E-state index contributed by atoms with van der Waals surface area (Å²) in [6, 6.07) is 1.99. The first-order chi connectivity index (χ1) is 10.0. The minimum absolute atomic E-state index is 0.385. The smallest absolute Gasteiger partial charge is 0.329 e. The second-order valence-corrected chi connectivity index (χ2v) is 5.98. The first-order valence-corrected chi connectivity index (χ1v) is 7.62. The van der Waals surface area contributed by atoms with E-state index in [4.69, 9.17) is 4.98 Å². The Hall–Kier alpha value is -1.91. The minimum atomic E-state index is -0.949. The van der Waals surface area contributed by atoms with Crippen molar-refractivity contribution in [1.82, 2.24) is 14.5 Å². The zero-order valence-electron chi connectivity index (χ0n) is 12.8. The predicted octanol–water partition coefficient (Wildman–Crippen LogP) is 3.22. The van der Waals surface area contributed by atoms with Crippen molar-refractivity contribution in [2.75, 3.05) is 0 Å². The summed E-state index contributed by atoms with van der Waals surface area (Å²) < 4.78 is 1.90. The molecular weight excluding hydrogens is 266 g/mol. The van der Waals surface area contributed by atoms with Gasteiger partial charge >= 0.3 is 5.97 Å². The highest BCUT2D eigenvalue weighted by Gasteiger charge is 2.43. The van der Waals surface area contributed by atoms with Crippen LogP contribution in [0.3, 0.4) is 0 Å². The van der Waals surface area contributed by atoms with Crippen molar-refractivity contribution < 1.29 is 9.90 Å². The molecule has 21 heavy (non-hydrogen) atoms. The summed E-state index contributed by atoms with van der Waals surface area (Å²) in [5.74, 6) is 0.488. The molecule has 2 aromatic heterocycles. The Kier molecular flexibility index (Phi) is 3.23. The normalized spacial score (nSPS) is 15.6. The maximum atomic E-state index is 12.0. The summed E-state index contributed by atoms with van der Waals surface area (Å²) >= 11 is 0. The third-order valence-corrected chi connectivity index (χ3v) is 4.60.